The van der Waals surface area contributed by atoms with Crippen LogP contribution in [0.5, 0.6) is 5.75 Å². The second kappa shape index (κ2) is 4.89. The molecule has 1 fully saturated rings. The van der Waals surface area contributed by atoms with E-state index in [0.29, 0.717) is 17.1 Å². The van der Waals surface area contributed by atoms with E-state index < -0.39 is 0 Å². The maximum atomic E-state index is 12.0. The Labute approximate surface area is 110 Å². The van der Waals surface area contributed by atoms with Gasteiger partial charge in [0.25, 0.3) is 5.91 Å². The van der Waals surface area contributed by atoms with Crippen LogP contribution in [0.2, 0.25) is 0 Å². The molecular formula is C13H15N3O3. The number of carbonyl (C=O) groups is 2. The maximum absolute atomic E-state index is 12.0. The van der Waals surface area contributed by atoms with Gasteiger partial charge >= 0.3 is 0 Å². The molecule has 0 saturated carbocycles. The Morgan fingerprint density at radius 3 is 3.11 bits per heavy atom. The second-order valence-electron chi connectivity index (χ2n) is 4.73. The normalized spacial score (nSPS) is 21.3. The van der Waals surface area contributed by atoms with E-state index in [1.165, 1.54) is 0 Å². The molecule has 1 unspecified atom stereocenters. The largest absolute Gasteiger partial charge is 0.482 e. The molecule has 2 heterocycles. The predicted molar refractivity (Wildman–Crippen MR) is 70.2 cm³/mol. The first kappa shape index (κ1) is 12.0. The fourth-order valence-corrected chi connectivity index (χ4v) is 2.28. The quantitative estimate of drug-likeness (QED) is 0.727. The third kappa shape index (κ3) is 2.53. The van der Waals surface area contributed by atoms with Gasteiger partial charge in [-0.15, -0.1) is 0 Å². The Kier molecular flexibility index (Phi) is 3.08. The summed E-state index contributed by atoms with van der Waals surface area (Å²) in [6.45, 7) is 1.63. The first-order valence-electron chi connectivity index (χ1n) is 6.30. The smallest absolute Gasteiger partial charge is 0.262 e. The molecule has 2 aliphatic rings. The molecule has 0 aliphatic carbocycles. The highest BCUT2D eigenvalue weighted by Crippen LogP contribution is 2.30. The van der Waals surface area contributed by atoms with E-state index in [2.05, 4.69) is 16.0 Å². The van der Waals surface area contributed by atoms with E-state index in [4.69, 9.17) is 4.74 Å². The first-order chi connectivity index (χ1) is 9.22. The van der Waals surface area contributed by atoms with Crippen LogP contribution in [0.25, 0.3) is 0 Å². The van der Waals surface area contributed by atoms with E-state index in [0.717, 1.165) is 19.5 Å². The first-order valence-corrected chi connectivity index (χ1v) is 6.30. The highest BCUT2D eigenvalue weighted by molar-refractivity contribution is 5.98. The van der Waals surface area contributed by atoms with Crippen molar-refractivity contribution in [3.8, 4) is 5.75 Å². The van der Waals surface area contributed by atoms with Gasteiger partial charge in [0.1, 0.15) is 5.75 Å². The lowest BCUT2D eigenvalue weighted by Gasteiger charge is -2.19. The molecular weight excluding hydrogens is 246 g/mol. The van der Waals surface area contributed by atoms with Gasteiger partial charge in [-0.3, -0.25) is 9.59 Å². The van der Waals surface area contributed by atoms with E-state index in [-0.39, 0.29) is 24.3 Å². The van der Waals surface area contributed by atoms with Crippen LogP contribution in [0.15, 0.2) is 18.2 Å². The number of anilines is 2. The Balaban J connectivity index is 1.73. The molecule has 19 heavy (non-hydrogen) atoms. The standard InChI is InChI=1S/C13H15N3O3/c17-12-7-19-11-2-1-9(5-10(11)16-12)15-13(18)8-3-4-14-6-8/h1-2,5,8,14H,3-4,6-7H2,(H,15,18)(H,16,17). The minimum Gasteiger partial charge on any atom is -0.482 e. The molecule has 1 saturated heterocycles. The zero-order chi connectivity index (χ0) is 13.2. The summed E-state index contributed by atoms with van der Waals surface area (Å²) >= 11 is 0. The lowest BCUT2D eigenvalue weighted by Crippen LogP contribution is -2.26. The van der Waals surface area contributed by atoms with E-state index in [1.807, 2.05) is 0 Å². The molecule has 1 aromatic rings. The summed E-state index contributed by atoms with van der Waals surface area (Å²) < 4.78 is 5.26. The van der Waals surface area contributed by atoms with Crippen molar-refractivity contribution in [3.05, 3.63) is 18.2 Å². The van der Waals surface area contributed by atoms with Crippen LogP contribution in [0.3, 0.4) is 0 Å². The number of rotatable bonds is 2. The van der Waals surface area contributed by atoms with Gasteiger partial charge in [0.15, 0.2) is 6.61 Å². The zero-order valence-electron chi connectivity index (χ0n) is 10.4. The SMILES string of the molecule is O=C1COc2ccc(NC(=O)C3CCNC3)cc2N1. The van der Waals surface area contributed by atoms with Gasteiger partial charge in [-0.1, -0.05) is 0 Å². The number of amides is 2. The zero-order valence-corrected chi connectivity index (χ0v) is 10.4. The molecule has 3 N–H and O–H groups in total. The van der Waals surface area contributed by atoms with E-state index in [9.17, 15) is 9.59 Å². The Morgan fingerprint density at radius 2 is 2.32 bits per heavy atom. The molecule has 6 nitrogen and oxygen atoms in total. The predicted octanol–water partition coefficient (Wildman–Crippen LogP) is 0.565. The molecule has 2 aliphatic heterocycles. The summed E-state index contributed by atoms with van der Waals surface area (Å²) in [5, 5.41) is 8.74. The van der Waals surface area contributed by atoms with Gasteiger partial charge < -0.3 is 20.7 Å². The van der Waals surface area contributed by atoms with Crippen molar-refractivity contribution in [2.75, 3.05) is 30.3 Å². The molecule has 2 amide bonds. The molecule has 100 valence electrons. The third-order valence-corrected chi connectivity index (χ3v) is 3.31. The Hall–Kier alpha value is -2.08. The summed E-state index contributed by atoms with van der Waals surface area (Å²) in [7, 11) is 0. The summed E-state index contributed by atoms with van der Waals surface area (Å²) in [6.07, 6.45) is 0.858. The van der Waals surface area contributed by atoms with Crippen molar-refractivity contribution in [2.45, 2.75) is 6.42 Å². The molecule has 1 aromatic carbocycles. The van der Waals surface area contributed by atoms with Crippen LogP contribution in [0.4, 0.5) is 11.4 Å². The van der Waals surface area contributed by atoms with Crippen LogP contribution in [-0.2, 0) is 9.59 Å². The molecule has 0 spiro atoms. The van der Waals surface area contributed by atoms with Crippen molar-refractivity contribution in [3.63, 3.8) is 0 Å². The number of hydrogen-bond acceptors (Lipinski definition) is 4. The molecule has 3 rings (SSSR count). The van der Waals surface area contributed by atoms with E-state index in [1.54, 1.807) is 18.2 Å². The van der Waals surface area contributed by atoms with Crippen LogP contribution in [0, 0.1) is 5.92 Å². The summed E-state index contributed by atoms with van der Waals surface area (Å²) in [6, 6.07) is 5.24. The van der Waals surface area contributed by atoms with Crippen molar-refractivity contribution in [1.29, 1.82) is 0 Å². The monoisotopic (exact) mass is 261 g/mol. The average molecular weight is 261 g/mol. The van der Waals surface area contributed by atoms with Gasteiger partial charge in [0.05, 0.1) is 11.6 Å². The minimum absolute atomic E-state index is 0.00741. The van der Waals surface area contributed by atoms with Crippen LogP contribution in [-0.4, -0.2) is 31.5 Å². The summed E-state index contributed by atoms with van der Waals surface area (Å²) in [4.78, 5) is 23.2. The van der Waals surface area contributed by atoms with Crippen LogP contribution in [0.1, 0.15) is 6.42 Å². The van der Waals surface area contributed by atoms with Gasteiger partial charge in [-0.25, -0.2) is 0 Å². The minimum atomic E-state index is -0.184. The topological polar surface area (TPSA) is 79.5 Å². The molecule has 6 heteroatoms. The number of nitrogens with one attached hydrogen (secondary N) is 3. The van der Waals surface area contributed by atoms with Gasteiger partial charge in [-0.05, 0) is 31.2 Å². The van der Waals surface area contributed by atoms with Crippen molar-refractivity contribution >= 4 is 23.2 Å². The molecule has 1 atom stereocenters. The van der Waals surface area contributed by atoms with E-state index >= 15 is 0 Å². The highest BCUT2D eigenvalue weighted by atomic mass is 16.5. The van der Waals surface area contributed by atoms with Crippen LogP contribution < -0.4 is 20.7 Å². The number of fused-ring (bicyclic) bond motifs is 1. The van der Waals surface area contributed by atoms with Crippen molar-refractivity contribution in [1.82, 2.24) is 5.32 Å². The highest BCUT2D eigenvalue weighted by Gasteiger charge is 2.23. The fourth-order valence-electron chi connectivity index (χ4n) is 2.28. The second-order valence-corrected chi connectivity index (χ2v) is 4.73. The summed E-state index contributed by atoms with van der Waals surface area (Å²) in [5.41, 5.74) is 1.26. The van der Waals surface area contributed by atoms with Gasteiger partial charge in [0, 0.05) is 12.2 Å². The molecule has 0 bridgehead atoms. The number of benzene rings is 1. The third-order valence-electron chi connectivity index (χ3n) is 3.31. The lowest BCUT2D eigenvalue weighted by molar-refractivity contribution is -0.119. The molecule has 0 radical (unpaired) electrons. The Bertz CT molecular complexity index is 524. The molecule has 0 aromatic heterocycles. The lowest BCUT2D eigenvalue weighted by atomic mass is 10.1. The van der Waals surface area contributed by atoms with Crippen molar-refractivity contribution in [2.24, 2.45) is 5.92 Å². The number of hydrogen-bond donors (Lipinski definition) is 3. The van der Waals surface area contributed by atoms with Gasteiger partial charge in [0.2, 0.25) is 5.91 Å². The van der Waals surface area contributed by atoms with Crippen LogP contribution >= 0.6 is 0 Å². The Morgan fingerprint density at radius 1 is 1.42 bits per heavy atom. The number of ether oxygens (including phenoxy) is 1. The fraction of sp³-hybridized carbons (Fsp3) is 0.385. The van der Waals surface area contributed by atoms with Gasteiger partial charge in [-0.2, -0.15) is 0 Å². The average Bonchev–Trinajstić information content (AvgIpc) is 2.92. The summed E-state index contributed by atoms with van der Waals surface area (Å²) in [5.74, 6) is 0.464. The number of carbonyl (C=O) groups excluding carboxylic acids is 2. The van der Waals surface area contributed by atoms with Crippen molar-refractivity contribution < 1.29 is 14.3 Å². The maximum Gasteiger partial charge on any atom is 0.262 e.